The van der Waals surface area contributed by atoms with Gasteiger partial charge in [0.25, 0.3) is 0 Å². The van der Waals surface area contributed by atoms with Crippen molar-refractivity contribution in [3.63, 3.8) is 0 Å². The van der Waals surface area contributed by atoms with Crippen LogP contribution >= 0.6 is 0 Å². The van der Waals surface area contributed by atoms with Gasteiger partial charge < -0.3 is 15.3 Å². The number of likely N-dealkylation sites (tertiary alicyclic amines) is 1. The predicted molar refractivity (Wildman–Crippen MR) is 52.8 cm³/mol. The number of β-amino-alcohol motifs (C(OH)–C–C–N with tert-alkyl or cyclic N) is 1. The normalized spacial score (nSPS) is 26.1. The Morgan fingerprint density at radius 2 is 2.14 bits per heavy atom. The summed E-state index contributed by atoms with van der Waals surface area (Å²) in [6.45, 7) is 3.50. The second-order valence-electron chi connectivity index (χ2n) is 4.47. The van der Waals surface area contributed by atoms with E-state index in [1.807, 2.05) is 4.90 Å². The molecule has 2 saturated heterocycles. The minimum absolute atomic E-state index is 0.0834. The van der Waals surface area contributed by atoms with Gasteiger partial charge >= 0.3 is 0 Å². The van der Waals surface area contributed by atoms with Gasteiger partial charge in [-0.1, -0.05) is 0 Å². The molecule has 4 heteroatoms. The Morgan fingerprint density at radius 3 is 2.79 bits per heavy atom. The van der Waals surface area contributed by atoms with Crippen molar-refractivity contribution in [2.45, 2.75) is 19.3 Å². The van der Waals surface area contributed by atoms with Gasteiger partial charge in [0.05, 0.1) is 6.61 Å². The molecule has 0 aliphatic carbocycles. The minimum atomic E-state index is 0.0834. The second-order valence-corrected chi connectivity index (χ2v) is 4.47. The molecule has 2 heterocycles. The van der Waals surface area contributed by atoms with Gasteiger partial charge in [-0.3, -0.25) is 4.79 Å². The number of nitrogens with one attached hydrogen (secondary N) is 1. The van der Waals surface area contributed by atoms with Crippen molar-refractivity contribution in [3.8, 4) is 0 Å². The molecule has 80 valence electrons. The van der Waals surface area contributed by atoms with Crippen LogP contribution in [0.1, 0.15) is 19.3 Å². The molecule has 1 amide bonds. The molecule has 0 aromatic carbocycles. The molecule has 2 N–H and O–H groups in total. The Morgan fingerprint density at radius 1 is 1.43 bits per heavy atom. The molecule has 0 saturated carbocycles. The van der Waals surface area contributed by atoms with Gasteiger partial charge in [-0.2, -0.15) is 0 Å². The maximum Gasteiger partial charge on any atom is 0.223 e. The van der Waals surface area contributed by atoms with Gasteiger partial charge in [-0.25, -0.2) is 0 Å². The molecule has 2 aliphatic heterocycles. The van der Waals surface area contributed by atoms with Gasteiger partial charge in [0.1, 0.15) is 0 Å². The molecule has 2 rings (SSSR count). The predicted octanol–water partition coefficient (Wildman–Crippen LogP) is -0.419. The van der Waals surface area contributed by atoms with Crippen LogP contribution in [-0.2, 0) is 4.79 Å². The van der Waals surface area contributed by atoms with E-state index in [1.165, 1.54) is 0 Å². The maximum absolute atomic E-state index is 11.6. The van der Waals surface area contributed by atoms with Crippen LogP contribution in [0.3, 0.4) is 0 Å². The number of carbonyl (C=O) groups excluding carboxylic acids is 1. The van der Waals surface area contributed by atoms with Crippen molar-refractivity contribution in [1.29, 1.82) is 0 Å². The maximum atomic E-state index is 11.6. The molecular weight excluding hydrogens is 180 g/mol. The van der Waals surface area contributed by atoms with Crippen LogP contribution < -0.4 is 5.32 Å². The van der Waals surface area contributed by atoms with Crippen molar-refractivity contribution >= 4 is 5.91 Å². The Bertz CT molecular complexity index is 224. The number of carbonyl (C=O) groups is 1. The van der Waals surface area contributed by atoms with E-state index in [0.717, 1.165) is 32.5 Å². The van der Waals surface area contributed by atoms with E-state index in [-0.39, 0.29) is 17.9 Å². The molecule has 0 unspecified atom stereocenters. The average Bonchev–Trinajstić information content (AvgIpc) is 2.45. The summed E-state index contributed by atoms with van der Waals surface area (Å²) in [5.74, 6) is 0.223. The van der Waals surface area contributed by atoms with E-state index >= 15 is 0 Å². The number of piperidine rings is 1. The molecule has 0 atom stereocenters. The summed E-state index contributed by atoms with van der Waals surface area (Å²) in [6, 6.07) is 0. The molecule has 0 radical (unpaired) electrons. The molecule has 4 nitrogen and oxygen atoms in total. The monoisotopic (exact) mass is 198 g/mol. The highest BCUT2D eigenvalue weighted by atomic mass is 16.3. The number of aliphatic hydroxyl groups excluding tert-OH is 1. The van der Waals surface area contributed by atoms with Crippen LogP contribution in [0.4, 0.5) is 0 Å². The van der Waals surface area contributed by atoms with E-state index in [4.69, 9.17) is 5.11 Å². The van der Waals surface area contributed by atoms with Gasteiger partial charge in [-0.05, 0) is 31.3 Å². The summed E-state index contributed by atoms with van der Waals surface area (Å²) < 4.78 is 0. The fraction of sp³-hybridized carbons (Fsp3) is 0.900. The standard InChI is InChI=1S/C10H18N2O2/c13-6-5-12-8-10(7-9(12)14)1-3-11-4-2-10/h11,13H,1-8H2. The van der Waals surface area contributed by atoms with E-state index < -0.39 is 0 Å². The lowest BCUT2D eigenvalue weighted by Gasteiger charge is -2.32. The SMILES string of the molecule is O=C1CC2(CCNCC2)CN1CCO. The van der Waals surface area contributed by atoms with Crippen LogP contribution in [0.15, 0.2) is 0 Å². The highest BCUT2D eigenvalue weighted by Crippen LogP contribution is 2.38. The first-order valence-electron chi connectivity index (χ1n) is 5.35. The highest BCUT2D eigenvalue weighted by Gasteiger charge is 2.43. The molecule has 0 aromatic rings. The molecular formula is C10H18N2O2. The molecule has 0 aromatic heterocycles. The summed E-state index contributed by atoms with van der Waals surface area (Å²) in [5.41, 5.74) is 0.220. The highest BCUT2D eigenvalue weighted by molar-refractivity contribution is 5.79. The average molecular weight is 198 g/mol. The van der Waals surface area contributed by atoms with E-state index in [9.17, 15) is 4.79 Å². The Balaban J connectivity index is 1.99. The molecule has 2 fully saturated rings. The number of aliphatic hydroxyl groups is 1. The fourth-order valence-electron chi connectivity index (χ4n) is 2.60. The minimum Gasteiger partial charge on any atom is -0.395 e. The summed E-state index contributed by atoms with van der Waals surface area (Å²) in [7, 11) is 0. The van der Waals surface area contributed by atoms with E-state index in [1.54, 1.807) is 0 Å². The Labute approximate surface area is 84.3 Å². The number of hydrogen-bond acceptors (Lipinski definition) is 3. The summed E-state index contributed by atoms with van der Waals surface area (Å²) in [4.78, 5) is 13.4. The first-order chi connectivity index (χ1) is 6.76. The third-order valence-electron chi connectivity index (χ3n) is 3.44. The molecule has 14 heavy (non-hydrogen) atoms. The largest absolute Gasteiger partial charge is 0.395 e. The number of nitrogens with zero attached hydrogens (tertiary/aromatic N) is 1. The topological polar surface area (TPSA) is 52.6 Å². The van der Waals surface area contributed by atoms with Crippen LogP contribution in [-0.4, -0.2) is 48.7 Å². The van der Waals surface area contributed by atoms with Crippen LogP contribution in [0, 0.1) is 5.41 Å². The summed E-state index contributed by atoms with van der Waals surface area (Å²) in [6.07, 6.45) is 2.88. The number of hydrogen-bond donors (Lipinski definition) is 2. The number of amides is 1. The smallest absolute Gasteiger partial charge is 0.223 e. The lowest BCUT2D eigenvalue weighted by molar-refractivity contribution is -0.128. The quantitative estimate of drug-likeness (QED) is 0.633. The first kappa shape index (κ1) is 9.93. The van der Waals surface area contributed by atoms with Gasteiger partial charge in [0.15, 0.2) is 0 Å². The second kappa shape index (κ2) is 3.87. The van der Waals surface area contributed by atoms with E-state index in [2.05, 4.69) is 5.32 Å². The Hall–Kier alpha value is -0.610. The van der Waals surface area contributed by atoms with Gasteiger partial charge in [0, 0.05) is 19.5 Å². The Kier molecular flexibility index (Phi) is 2.74. The van der Waals surface area contributed by atoms with Crippen molar-refractivity contribution in [2.75, 3.05) is 32.8 Å². The van der Waals surface area contributed by atoms with Crippen molar-refractivity contribution in [2.24, 2.45) is 5.41 Å². The van der Waals surface area contributed by atoms with Crippen LogP contribution in [0.5, 0.6) is 0 Å². The zero-order valence-corrected chi connectivity index (χ0v) is 8.46. The van der Waals surface area contributed by atoms with Crippen LogP contribution in [0.25, 0.3) is 0 Å². The van der Waals surface area contributed by atoms with Crippen molar-refractivity contribution < 1.29 is 9.90 Å². The van der Waals surface area contributed by atoms with Crippen molar-refractivity contribution in [1.82, 2.24) is 10.2 Å². The van der Waals surface area contributed by atoms with Crippen molar-refractivity contribution in [3.05, 3.63) is 0 Å². The third kappa shape index (κ3) is 1.77. The lowest BCUT2D eigenvalue weighted by Crippen LogP contribution is -2.39. The zero-order chi connectivity index (χ0) is 10.0. The number of rotatable bonds is 2. The van der Waals surface area contributed by atoms with Crippen LogP contribution in [0.2, 0.25) is 0 Å². The summed E-state index contributed by atoms with van der Waals surface area (Å²) >= 11 is 0. The van der Waals surface area contributed by atoms with Gasteiger partial charge in [0.2, 0.25) is 5.91 Å². The summed E-state index contributed by atoms with van der Waals surface area (Å²) in [5, 5.41) is 12.1. The van der Waals surface area contributed by atoms with Gasteiger partial charge in [-0.15, -0.1) is 0 Å². The lowest BCUT2D eigenvalue weighted by atomic mass is 9.78. The molecule has 1 spiro atoms. The zero-order valence-electron chi connectivity index (χ0n) is 8.46. The molecule has 2 aliphatic rings. The third-order valence-corrected chi connectivity index (χ3v) is 3.44. The fourth-order valence-corrected chi connectivity index (χ4v) is 2.60. The molecule has 0 bridgehead atoms. The van der Waals surface area contributed by atoms with E-state index in [0.29, 0.717) is 13.0 Å². The first-order valence-corrected chi connectivity index (χ1v) is 5.35.